The summed E-state index contributed by atoms with van der Waals surface area (Å²) in [6, 6.07) is 0. The fourth-order valence-electron chi connectivity index (χ4n) is 0.803. The lowest BCUT2D eigenvalue weighted by Gasteiger charge is -2.10. The zero-order valence-corrected chi connectivity index (χ0v) is 6.64. The molecule has 1 rings (SSSR count). The van der Waals surface area contributed by atoms with Gasteiger partial charge in [-0.05, 0) is 5.16 Å². The van der Waals surface area contributed by atoms with Crippen molar-refractivity contribution in [2.45, 2.75) is 13.8 Å². The summed E-state index contributed by atoms with van der Waals surface area (Å²) < 4.78 is 4.25. The first-order chi connectivity index (χ1) is 5.63. The molecule has 0 aliphatic heterocycles. The molecule has 0 aliphatic carbocycles. The van der Waals surface area contributed by atoms with Crippen LogP contribution in [-0.2, 0) is 9.59 Å². The lowest BCUT2D eigenvalue weighted by molar-refractivity contribution is -0.124. The molecule has 0 aromatic carbocycles. The largest absolute Gasteiger partial charge is 0.274 e. The molecular formula is C6H7N3O3. The molecule has 0 fully saturated rings. The number of hydrogen-bond donors (Lipinski definition) is 0. The smallest absolute Gasteiger partial charge is 0.231 e. The number of anilines is 1. The van der Waals surface area contributed by atoms with Crippen LogP contribution in [0.4, 0.5) is 5.82 Å². The number of carbonyl (C=O) groups is 2. The molecule has 2 amide bonds. The fourth-order valence-corrected chi connectivity index (χ4v) is 0.803. The van der Waals surface area contributed by atoms with Crippen molar-refractivity contribution in [3.63, 3.8) is 0 Å². The van der Waals surface area contributed by atoms with Gasteiger partial charge in [-0.2, -0.15) is 0 Å². The zero-order valence-electron chi connectivity index (χ0n) is 6.64. The Balaban J connectivity index is 2.96. The first-order valence-corrected chi connectivity index (χ1v) is 3.21. The minimum atomic E-state index is -0.418. The van der Waals surface area contributed by atoms with E-state index in [1.165, 1.54) is 20.0 Å². The molecule has 1 aromatic rings. The van der Waals surface area contributed by atoms with Gasteiger partial charge in [-0.15, -0.1) is 0 Å². The summed E-state index contributed by atoms with van der Waals surface area (Å²) in [4.78, 5) is 22.6. The van der Waals surface area contributed by atoms with Crippen LogP contribution in [0.15, 0.2) is 10.8 Å². The maximum atomic E-state index is 10.9. The van der Waals surface area contributed by atoms with Crippen LogP contribution in [-0.4, -0.2) is 22.1 Å². The van der Waals surface area contributed by atoms with Crippen LogP contribution in [0.1, 0.15) is 13.8 Å². The van der Waals surface area contributed by atoms with Crippen LogP contribution < -0.4 is 4.90 Å². The average molecular weight is 169 g/mol. The summed E-state index contributed by atoms with van der Waals surface area (Å²) in [5, 5.41) is 6.63. The van der Waals surface area contributed by atoms with Crippen LogP contribution in [0.5, 0.6) is 0 Å². The summed E-state index contributed by atoms with van der Waals surface area (Å²) in [5.41, 5.74) is 0. The average Bonchev–Trinajstić information content (AvgIpc) is 2.37. The lowest BCUT2D eigenvalue weighted by Crippen LogP contribution is -2.33. The molecule has 0 spiro atoms. The van der Waals surface area contributed by atoms with Crippen LogP contribution in [0, 0.1) is 0 Å². The number of nitrogens with zero attached hydrogens (tertiary/aromatic N) is 3. The Labute approximate surface area is 68.1 Å². The molecule has 0 N–H and O–H groups in total. The molecule has 1 heterocycles. The third kappa shape index (κ3) is 1.47. The second kappa shape index (κ2) is 3.12. The van der Waals surface area contributed by atoms with E-state index < -0.39 is 11.8 Å². The standard InChI is InChI=1S/C6H7N3O3/c1-4(10)9(5(2)11)6-3-7-12-8-6/h3H,1-2H3. The van der Waals surface area contributed by atoms with Gasteiger partial charge in [-0.1, -0.05) is 5.16 Å². The van der Waals surface area contributed by atoms with Crippen LogP contribution in [0.2, 0.25) is 0 Å². The van der Waals surface area contributed by atoms with E-state index in [4.69, 9.17) is 0 Å². The van der Waals surface area contributed by atoms with E-state index in [1.807, 2.05) is 0 Å². The van der Waals surface area contributed by atoms with E-state index in [1.54, 1.807) is 0 Å². The number of aromatic nitrogens is 2. The monoisotopic (exact) mass is 169 g/mol. The minimum Gasteiger partial charge on any atom is -0.274 e. The van der Waals surface area contributed by atoms with Gasteiger partial charge in [0, 0.05) is 13.8 Å². The highest BCUT2D eigenvalue weighted by Gasteiger charge is 2.18. The maximum absolute atomic E-state index is 10.9. The third-order valence-corrected chi connectivity index (χ3v) is 1.21. The van der Waals surface area contributed by atoms with Gasteiger partial charge in [0.1, 0.15) is 6.20 Å². The molecule has 0 unspecified atom stereocenters. The van der Waals surface area contributed by atoms with Gasteiger partial charge in [-0.3, -0.25) is 9.59 Å². The number of rotatable bonds is 1. The molecule has 64 valence electrons. The highest BCUT2D eigenvalue weighted by atomic mass is 16.6. The molecule has 0 saturated carbocycles. The second-order valence-corrected chi connectivity index (χ2v) is 2.14. The van der Waals surface area contributed by atoms with Crippen LogP contribution in [0.3, 0.4) is 0 Å². The van der Waals surface area contributed by atoms with Crippen LogP contribution in [0.25, 0.3) is 0 Å². The molecular weight excluding hydrogens is 162 g/mol. The Kier molecular flexibility index (Phi) is 2.18. The number of carbonyl (C=O) groups excluding carboxylic acids is 2. The Morgan fingerprint density at radius 1 is 1.42 bits per heavy atom. The first-order valence-electron chi connectivity index (χ1n) is 3.21. The van der Waals surface area contributed by atoms with Crippen molar-refractivity contribution in [3.8, 4) is 0 Å². The molecule has 0 atom stereocenters. The van der Waals surface area contributed by atoms with Crippen molar-refractivity contribution in [2.75, 3.05) is 4.90 Å². The number of imide groups is 1. The van der Waals surface area contributed by atoms with E-state index in [0.717, 1.165) is 4.90 Å². The highest BCUT2D eigenvalue weighted by molar-refractivity contribution is 6.12. The molecule has 12 heavy (non-hydrogen) atoms. The summed E-state index contributed by atoms with van der Waals surface area (Å²) >= 11 is 0. The van der Waals surface area contributed by atoms with Crippen molar-refractivity contribution in [1.82, 2.24) is 10.3 Å². The number of amides is 2. The van der Waals surface area contributed by atoms with Gasteiger partial charge in [0.25, 0.3) is 0 Å². The molecule has 6 nitrogen and oxygen atoms in total. The molecule has 0 aliphatic rings. The normalized spacial score (nSPS) is 9.50. The van der Waals surface area contributed by atoms with Crippen molar-refractivity contribution in [3.05, 3.63) is 6.20 Å². The second-order valence-electron chi connectivity index (χ2n) is 2.14. The Hall–Kier alpha value is -1.72. The van der Waals surface area contributed by atoms with Crippen molar-refractivity contribution < 1.29 is 14.2 Å². The van der Waals surface area contributed by atoms with Crippen molar-refractivity contribution >= 4 is 17.6 Å². The first kappa shape index (κ1) is 8.38. The van der Waals surface area contributed by atoms with Gasteiger partial charge >= 0.3 is 0 Å². The fraction of sp³-hybridized carbons (Fsp3) is 0.333. The topological polar surface area (TPSA) is 76.3 Å². The summed E-state index contributed by atoms with van der Waals surface area (Å²) in [7, 11) is 0. The third-order valence-electron chi connectivity index (χ3n) is 1.21. The van der Waals surface area contributed by atoms with E-state index in [2.05, 4.69) is 14.9 Å². The van der Waals surface area contributed by atoms with Gasteiger partial charge in [-0.25, -0.2) is 9.53 Å². The predicted octanol–water partition coefficient (Wildman–Crippen LogP) is -0.0310. The molecule has 6 heteroatoms. The molecule has 1 aromatic heterocycles. The van der Waals surface area contributed by atoms with Gasteiger partial charge in [0.15, 0.2) is 0 Å². The maximum Gasteiger partial charge on any atom is 0.231 e. The lowest BCUT2D eigenvalue weighted by atomic mass is 10.5. The number of hydrogen-bond acceptors (Lipinski definition) is 5. The zero-order chi connectivity index (χ0) is 9.14. The predicted molar refractivity (Wildman–Crippen MR) is 38.1 cm³/mol. The van der Waals surface area contributed by atoms with E-state index in [0.29, 0.717) is 0 Å². The van der Waals surface area contributed by atoms with Gasteiger partial charge in [0.2, 0.25) is 17.6 Å². The van der Waals surface area contributed by atoms with Crippen LogP contribution >= 0.6 is 0 Å². The quantitative estimate of drug-likeness (QED) is 0.590. The SMILES string of the molecule is CC(=O)N(C(C)=O)c1cnon1. The highest BCUT2D eigenvalue weighted by Crippen LogP contribution is 2.08. The van der Waals surface area contributed by atoms with Crippen molar-refractivity contribution in [1.29, 1.82) is 0 Å². The minimum absolute atomic E-state index is 0.106. The molecule has 0 radical (unpaired) electrons. The molecule has 0 bridgehead atoms. The summed E-state index contributed by atoms with van der Waals surface area (Å²) in [6.45, 7) is 2.52. The summed E-state index contributed by atoms with van der Waals surface area (Å²) in [5.74, 6) is -0.730. The Morgan fingerprint density at radius 2 is 2.00 bits per heavy atom. The van der Waals surface area contributed by atoms with Crippen molar-refractivity contribution in [2.24, 2.45) is 0 Å². The molecule has 0 saturated heterocycles. The Morgan fingerprint density at radius 3 is 2.33 bits per heavy atom. The van der Waals surface area contributed by atoms with E-state index in [9.17, 15) is 9.59 Å². The Bertz CT molecular complexity index is 279. The van der Waals surface area contributed by atoms with Gasteiger partial charge in [0.05, 0.1) is 0 Å². The van der Waals surface area contributed by atoms with E-state index in [-0.39, 0.29) is 5.82 Å². The van der Waals surface area contributed by atoms with Gasteiger partial charge < -0.3 is 0 Å². The van der Waals surface area contributed by atoms with E-state index >= 15 is 0 Å². The summed E-state index contributed by atoms with van der Waals surface area (Å²) in [6.07, 6.45) is 1.20.